The minimum Gasteiger partial charge on any atom is -0.459 e. The lowest BCUT2D eigenvalue weighted by atomic mass is 10.2. The number of ether oxygens (including phenoxy) is 1. The summed E-state index contributed by atoms with van der Waals surface area (Å²) in [6, 6.07) is 6.18. The van der Waals surface area contributed by atoms with Crippen LogP contribution in [0.25, 0.3) is 0 Å². The molecule has 0 heterocycles. The Hall–Kier alpha value is -1.03. The molecular weight excluding hydrogens is 239 g/mol. The van der Waals surface area contributed by atoms with Crippen LogP contribution >= 0.6 is 11.8 Å². The molecule has 4 heteroatoms. The molecule has 0 aliphatic carbocycles. The maximum absolute atomic E-state index is 13.0. The zero-order valence-electron chi connectivity index (χ0n) is 10.5. The number of esters is 1. The van der Waals surface area contributed by atoms with Crippen molar-refractivity contribution in [2.45, 2.75) is 43.4 Å². The number of benzene rings is 1. The summed E-state index contributed by atoms with van der Waals surface area (Å²) in [6.07, 6.45) is 0. The highest BCUT2D eigenvalue weighted by Gasteiger charge is 2.22. The van der Waals surface area contributed by atoms with E-state index in [1.165, 1.54) is 23.9 Å². The van der Waals surface area contributed by atoms with Crippen LogP contribution in [0.1, 0.15) is 27.7 Å². The van der Waals surface area contributed by atoms with Gasteiger partial charge in [-0.2, -0.15) is 0 Å². The van der Waals surface area contributed by atoms with Crippen molar-refractivity contribution in [2.75, 3.05) is 0 Å². The average Bonchev–Trinajstić information content (AvgIpc) is 2.14. The van der Waals surface area contributed by atoms with Crippen LogP contribution in [0.3, 0.4) is 0 Å². The number of hydrogen-bond acceptors (Lipinski definition) is 3. The highest BCUT2D eigenvalue weighted by atomic mass is 32.2. The molecule has 0 amide bonds. The van der Waals surface area contributed by atoms with Crippen LogP contribution in [0.15, 0.2) is 29.2 Å². The van der Waals surface area contributed by atoms with Crippen molar-refractivity contribution in [1.82, 2.24) is 0 Å². The van der Waals surface area contributed by atoms with Crippen LogP contribution in [0, 0.1) is 5.82 Å². The van der Waals surface area contributed by atoms with Gasteiger partial charge in [-0.3, -0.25) is 4.79 Å². The van der Waals surface area contributed by atoms with E-state index in [1.807, 2.05) is 20.8 Å². The Morgan fingerprint density at radius 2 is 2.06 bits per heavy atom. The molecule has 0 bridgehead atoms. The molecule has 0 N–H and O–H groups in total. The lowest BCUT2D eigenvalue weighted by molar-refractivity contribution is -0.153. The van der Waals surface area contributed by atoms with Crippen molar-refractivity contribution in [3.05, 3.63) is 30.1 Å². The summed E-state index contributed by atoms with van der Waals surface area (Å²) in [6.45, 7) is 7.23. The van der Waals surface area contributed by atoms with Gasteiger partial charge in [0.25, 0.3) is 0 Å². The Labute approximate surface area is 106 Å². The minimum absolute atomic E-state index is 0.285. The summed E-state index contributed by atoms with van der Waals surface area (Å²) in [5, 5.41) is -0.351. The maximum atomic E-state index is 13.0. The molecule has 2 nitrogen and oxygen atoms in total. The Kier molecular flexibility index (Phi) is 4.57. The van der Waals surface area contributed by atoms with E-state index in [2.05, 4.69) is 0 Å². The third-order valence-corrected chi connectivity index (χ3v) is 2.92. The Balaban J connectivity index is 2.60. The van der Waals surface area contributed by atoms with Gasteiger partial charge < -0.3 is 4.74 Å². The van der Waals surface area contributed by atoms with Gasteiger partial charge in [-0.15, -0.1) is 11.8 Å². The SMILES string of the molecule is CC(Sc1cccc(F)c1)C(=O)OC(C)(C)C. The van der Waals surface area contributed by atoms with Crippen molar-refractivity contribution in [1.29, 1.82) is 0 Å². The molecule has 0 spiro atoms. The topological polar surface area (TPSA) is 26.3 Å². The van der Waals surface area contributed by atoms with Crippen LogP contribution in [-0.2, 0) is 9.53 Å². The monoisotopic (exact) mass is 256 g/mol. The fraction of sp³-hybridized carbons (Fsp3) is 0.462. The predicted octanol–water partition coefficient (Wildman–Crippen LogP) is 3.65. The third-order valence-electron chi connectivity index (χ3n) is 1.85. The number of hydrogen-bond donors (Lipinski definition) is 0. The number of carbonyl (C=O) groups excluding carboxylic acids is 1. The molecule has 0 aliphatic heterocycles. The first kappa shape index (κ1) is 14.0. The van der Waals surface area contributed by atoms with Gasteiger partial charge >= 0.3 is 5.97 Å². The molecular formula is C13H17FO2S. The van der Waals surface area contributed by atoms with Gasteiger partial charge in [-0.05, 0) is 45.9 Å². The zero-order valence-corrected chi connectivity index (χ0v) is 11.3. The lowest BCUT2D eigenvalue weighted by Crippen LogP contribution is -2.28. The summed E-state index contributed by atoms with van der Waals surface area (Å²) in [4.78, 5) is 12.4. The number of halogens is 1. The van der Waals surface area contributed by atoms with E-state index < -0.39 is 5.60 Å². The van der Waals surface area contributed by atoms with Gasteiger partial charge in [0, 0.05) is 4.90 Å². The van der Waals surface area contributed by atoms with Crippen molar-refractivity contribution < 1.29 is 13.9 Å². The molecule has 1 rings (SSSR count). The molecule has 1 unspecified atom stereocenters. The van der Waals surface area contributed by atoms with Crippen molar-refractivity contribution >= 4 is 17.7 Å². The lowest BCUT2D eigenvalue weighted by Gasteiger charge is -2.22. The fourth-order valence-corrected chi connectivity index (χ4v) is 2.07. The van der Waals surface area contributed by atoms with Crippen molar-refractivity contribution in [3.63, 3.8) is 0 Å². The highest BCUT2D eigenvalue weighted by molar-refractivity contribution is 8.00. The first-order valence-corrected chi connectivity index (χ1v) is 6.31. The highest BCUT2D eigenvalue weighted by Crippen LogP contribution is 2.25. The quantitative estimate of drug-likeness (QED) is 0.610. The van der Waals surface area contributed by atoms with Crippen LogP contribution in [0.4, 0.5) is 4.39 Å². The molecule has 0 saturated carbocycles. The second kappa shape index (κ2) is 5.54. The molecule has 0 aliphatic rings. The van der Waals surface area contributed by atoms with E-state index in [4.69, 9.17) is 4.74 Å². The maximum Gasteiger partial charge on any atom is 0.319 e. The van der Waals surface area contributed by atoms with Crippen molar-refractivity contribution in [2.24, 2.45) is 0 Å². The molecule has 17 heavy (non-hydrogen) atoms. The Bertz CT molecular complexity index is 399. The molecule has 94 valence electrons. The standard InChI is InChI=1S/C13H17FO2S/c1-9(12(15)16-13(2,3)4)17-11-7-5-6-10(14)8-11/h5-9H,1-4H3. The third kappa shape index (κ3) is 5.22. The smallest absolute Gasteiger partial charge is 0.319 e. The first-order valence-electron chi connectivity index (χ1n) is 5.43. The molecule has 1 aromatic rings. The molecule has 0 fully saturated rings. The van der Waals surface area contributed by atoms with Crippen LogP contribution in [-0.4, -0.2) is 16.8 Å². The molecule has 0 saturated heterocycles. The zero-order chi connectivity index (χ0) is 13.1. The van der Waals surface area contributed by atoms with Gasteiger partial charge in [0.1, 0.15) is 16.7 Å². The number of thioether (sulfide) groups is 1. The van der Waals surface area contributed by atoms with E-state index >= 15 is 0 Å². The molecule has 0 aromatic heterocycles. The second-order valence-corrected chi connectivity index (χ2v) is 6.17. The molecule has 1 atom stereocenters. The van der Waals surface area contributed by atoms with E-state index in [0.29, 0.717) is 0 Å². The summed E-state index contributed by atoms with van der Waals surface area (Å²) < 4.78 is 18.2. The van der Waals surface area contributed by atoms with E-state index in [1.54, 1.807) is 19.1 Å². The normalized spacial score (nSPS) is 13.2. The van der Waals surface area contributed by atoms with Crippen LogP contribution in [0.2, 0.25) is 0 Å². The van der Waals surface area contributed by atoms with Gasteiger partial charge in [0.05, 0.1) is 0 Å². The van der Waals surface area contributed by atoms with E-state index in [0.717, 1.165) is 4.90 Å². The fourth-order valence-electron chi connectivity index (χ4n) is 1.18. The van der Waals surface area contributed by atoms with Gasteiger partial charge in [-0.25, -0.2) is 4.39 Å². The van der Waals surface area contributed by atoms with E-state index in [-0.39, 0.29) is 17.0 Å². The van der Waals surface area contributed by atoms with E-state index in [9.17, 15) is 9.18 Å². The first-order chi connectivity index (χ1) is 7.78. The minimum atomic E-state index is -0.492. The number of rotatable bonds is 3. The van der Waals surface area contributed by atoms with Crippen LogP contribution < -0.4 is 0 Å². The Morgan fingerprint density at radius 3 is 2.59 bits per heavy atom. The van der Waals surface area contributed by atoms with Crippen molar-refractivity contribution in [3.8, 4) is 0 Å². The van der Waals surface area contributed by atoms with Gasteiger partial charge in [-0.1, -0.05) is 6.07 Å². The van der Waals surface area contributed by atoms with Gasteiger partial charge in [0.2, 0.25) is 0 Å². The molecule has 1 aromatic carbocycles. The predicted molar refractivity (Wildman–Crippen MR) is 67.6 cm³/mol. The summed E-state index contributed by atoms with van der Waals surface area (Å²) in [5.74, 6) is -0.585. The summed E-state index contributed by atoms with van der Waals surface area (Å²) in [7, 11) is 0. The largest absolute Gasteiger partial charge is 0.459 e. The summed E-state index contributed by atoms with van der Waals surface area (Å²) in [5.41, 5.74) is -0.492. The number of carbonyl (C=O) groups is 1. The summed E-state index contributed by atoms with van der Waals surface area (Å²) >= 11 is 1.29. The van der Waals surface area contributed by atoms with Crippen LogP contribution in [0.5, 0.6) is 0 Å². The average molecular weight is 256 g/mol. The Morgan fingerprint density at radius 1 is 1.41 bits per heavy atom. The van der Waals surface area contributed by atoms with Gasteiger partial charge in [0.15, 0.2) is 0 Å². The molecule has 0 radical (unpaired) electrons. The second-order valence-electron chi connectivity index (χ2n) is 4.75.